The molecule has 0 aromatic carbocycles. The molecule has 0 aliphatic rings. The lowest BCUT2D eigenvalue weighted by Gasteiger charge is -2.18. The van der Waals surface area contributed by atoms with Crippen molar-refractivity contribution < 1.29 is 23.8 Å². The molecule has 0 saturated heterocycles. The highest BCUT2D eigenvalue weighted by Crippen LogP contribution is 2.15. The maximum Gasteiger partial charge on any atom is 0.306 e. The molecule has 5 nitrogen and oxygen atoms in total. The summed E-state index contributed by atoms with van der Waals surface area (Å²) in [5.74, 6) is -0.424. The van der Waals surface area contributed by atoms with Crippen LogP contribution in [0.3, 0.4) is 0 Å². The lowest BCUT2D eigenvalue weighted by atomic mass is 10.0. The van der Waals surface area contributed by atoms with Gasteiger partial charge in [0, 0.05) is 19.4 Å². The molecule has 0 saturated carbocycles. The average Bonchev–Trinajstić information content (AvgIpc) is 3.30. The average molecular weight is 893 g/mol. The van der Waals surface area contributed by atoms with E-state index in [4.69, 9.17) is 14.2 Å². The molecule has 1 atom stereocenters. The van der Waals surface area contributed by atoms with E-state index in [1.807, 2.05) is 0 Å². The van der Waals surface area contributed by atoms with Gasteiger partial charge in [0.2, 0.25) is 0 Å². The van der Waals surface area contributed by atoms with E-state index in [1.54, 1.807) is 0 Å². The van der Waals surface area contributed by atoms with Gasteiger partial charge in [-0.25, -0.2) is 0 Å². The molecule has 5 heteroatoms. The van der Waals surface area contributed by atoms with E-state index in [9.17, 15) is 9.59 Å². The summed E-state index contributed by atoms with van der Waals surface area (Å²) in [6, 6.07) is 0. The summed E-state index contributed by atoms with van der Waals surface area (Å²) >= 11 is 0. The van der Waals surface area contributed by atoms with Gasteiger partial charge in [0.25, 0.3) is 0 Å². The number of carbonyl (C=O) groups excluding carboxylic acids is 2. The van der Waals surface area contributed by atoms with Crippen LogP contribution >= 0.6 is 0 Å². The molecule has 0 aliphatic carbocycles. The van der Waals surface area contributed by atoms with Crippen molar-refractivity contribution in [2.75, 3.05) is 19.8 Å². The molecule has 0 bridgehead atoms. The number of hydrogen-bond acceptors (Lipinski definition) is 5. The highest BCUT2D eigenvalue weighted by Gasteiger charge is 2.17. The zero-order valence-corrected chi connectivity index (χ0v) is 42.5. The topological polar surface area (TPSA) is 61.8 Å². The van der Waals surface area contributed by atoms with Crippen LogP contribution in [0.25, 0.3) is 0 Å². The second-order valence-corrected chi connectivity index (χ2v) is 18.1. The normalized spacial score (nSPS) is 12.7. The van der Waals surface area contributed by atoms with Gasteiger partial charge in [-0.05, 0) is 83.5 Å². The molecule has 0 amide bonds. The molecular weight excluding hydrogens is 789 g/mol. The summed E-state index contributed by atoms with van der Waals surface area (Å²) in [7, 11) is 0. The van der Waals surface area contributed by atoms with Crippen molar-refractivity contribution in [3.8, 4) is 0 Å². The molecular formula is C59H104O5. The molecule has 0 heterocycles. The fraction of sp³-hybridized carbons (Fsp3) is 0.763. The first-order chi connectivity index (χ1) is 31.6. The van der Waals surface area contributed by atoms with Gasteiger partial charge in [0.05, 0.1) is 6.61 Å². The van der Waals surface area contributed by atoms with E-state index in [0.717, 1.165) is 77.0 Å². The van der Waals surface area contributed by atoms with Crippen LogP contribution in [-0.4, -0.2) is 37.9 Å². The summed E-state index contributed by atoms with van der Waals surface area (Å²) < 4.78 is 17.4. The summed E-state index contributed by atoms with van der Waals surface area (Å²) in [5.41, 5.74) is 0. The van der Waals surface area contributed by atoms with Gasteiger partial charge in [-0.2, -0.15) is 0 Å². The Morgan fingerprint density at radius 2 is 0.703 bits per heavy atom. The van der Waals surface area contributed by atoms with Crippen LogP contribution in [-0.2, 0) is 23.8 Å². The Labute approximate surface area is 397 Å². The molecule has 370 valence electrons. The zero-order valence-electron chi connectivity index (χ0n) is 42.5. The maximum atomic E-state index is 12.8. The fourth-order valence-electron chi connectivity index (χ4n) is 7.66. The van der Waals surface area contributed by atoms with Crippen LogP contribution in [0.1, 0.15) is 265 Å². The highest BCUT2D eigenvalue weighted by atomic mass is 16.6. The first-order valence-corrected chi connectivity index (χ1v) is 27.5. The number of ether oxygens (including phenoxy) is 3. The monoisotopic (exact) mass is 893 g/mol. The predicted octanol–water partition coefficient (Wildman–Crippen LogP) is 18.7. The Balaban J connectivity index is 4.30. The number of carbonyl (C=O) groups is 2. The van der Waals surface area contributed by atoms with E-state index in [-0.39, 0.29) is 25.2 Å². The van der Waals surface area contributed by atoms with Crippen LogP contribution < -0.4 is 0 Å². The molecule has 0 aromatic heterocycles. The highest BCUT2D eigenvalue weighted by molar-refractivity contribution is 5.70. The Morgan fingerprint density at radius 3 is 1.16 bits per heavy atom. The Morgan fingerprint density at radius 1 is 0.359 bits per heavy atom. The molecule has 64 heavy (non-hydrogen) atoms. The maximum absolute atomic E-state index is 12.8. The molecule has 0 spiro atoms. The quantitative estimate of drug-likeness (QED) is 0.0346. The van der Waals surface area contributed by atoms with Gasteiger partial charge in [0.1, 0.15) is 6.61 Å². The van der Waals surface area contributed by atoms with Crippen molar-refractivity contribution in [2.24, 2.45) is 0 Å². The molecule has 0 radical (unpaired) electrons. The van der Waals surface area contributed by atoms with Crippen LogP contribution in [0, 0.1) is 0 Å². The fourth-order valence-corrected chi connectivity index (χ4v) is 7.66. The smallest absolute Gasteiger partial charge is 0.306 e. The van der Waals surface area contributed by atoms with E-state index in [2.05, 4.69) is 93.7 Å². The second kappa shape index (κ2) is 54.7. The van der Waals surface area contributed by atoms with Gasteiger partial charge in [0.15, 0.2) is 6.10 Å². The summed E-state index contributed by atoms with van der Waals surface area (Å²) in [6.07, 6.45) is 70.7. The number of hydrogen-bond donors (Lipinski definition) is 0. The first kappa shape index (κ1) is 61.3. The lowest BCUT2D eigenvalue weighted by Crippen LogP contribution is -2.30. The minimum atomic E-state index is -0.566. The van der Waals surface area contributed by atoms with Crippen molar-refractivity contribution in [2.45, 2.75) is 271 Å². The number of unbranched alkanes of at least 4 members (excludes halogenated alkanes) is 27. The van der Waals surface area contributed by atoms with Crippen molar-refractivity contribution >= 4 is 11.9 Å². The van der Waals surface area contributed by atoms with E-state index >= 15 is 0 Å². The summed E-state index contributed by atoms with van der Waals surface area (Å²) in [6.45, 7) is 7.58. The van der Waals surface area contributed by atoms with Gasteiger partial charge < -0.3 is 14.2 Å². The van der Waals surface area contributed by atoms with Gasteiger partial charge in [-0.1, -0.05) is 241 Å². The standard InChI is InChI=1S/C59H104O5/c1-4-7-10-13-16-19-22-25-28-29-30-31-33-34-37-40-43-46-49-52-58(60)63-56-57(55-62-54-51-48-45-42-39-36-27-24-21-18-15-12-9-6-3)64-59(61)53-50-47-44-41-38-35-32-26-23-20-17-14-11-8-5-2/h9,12,16,18-19,21,25,27-28,36,42,45,57H,4-8,10-11,13-15,17,20,22-24,26,29-35,37-41,43-44,46-56H2,1-3H3/b12-9-,19-16-,21-18-,28-25-,36-27-,45-42-. The molecule has 0 rings (SSSR count). The summed E-state index contributed by atoms with van der Waals surface area (Å²) in [4.78, 5) is 25.5. The Hall–Kier alpha value is -2.66. The minimum Gasteiger partial charge on any atom is -0.462 e. The van der Waals surface area contributed by atoms with Gasteiger partial charge >= 0.3 is 11.9 Å². The molecule has 0 fully saturated rings. The van der Waals surface area contributed by atoms with Crippen LogP contribution in [0.5, 0.6) is 0 Å². The van der Waals surface area contributed by atoms with Crippen molar-refractivity contribution in [1.82, 2.24) is 0 Å². The first-order valence-electron chi connectivity index (χ1n) is 27.5. The summed E-state index contributed by atoms with van der Waals surface area (Å²) in [5, 5.41) is 0. The van der Waals surface area contributed by atoms with Gasteiger partial charge in [-0.15, -0.1) is 0 Å². The molecule has 0 aliphatic heterocycles. The molecule has 0 N–H and O–H groups in total. The number of allylic oxidation sites excluding steroid dienone is 12. The third-order valence-corrected chi connectivity index (χ3v) is 11.7. The second-order valence-electron chi connectivity index (χ2n) is 18.1. The Kier molecular flexibility index (Phi) is 52.4. The predicted molar refractivity (Wildman–Crippen MR) is 279 cm³/mol. The zero-order chi connectivity index (χ0) is 46.3. The molecule has 1 unspecified atom stereocenters. The van der Waals surface area contributed by atoms with E-state index in [0.29, 0.717) is 19.4 Å². The minimum absolute atomic E-state index is 0.0618. The number of rotatable bonds is 50. The van der Waals surface area contributed by atoms with Crippen molar-refractivity contribution in [3.05, 3.63) is 72.9 Å². The number of esters is 2. The van der Waals surface area contributed by atoms with Crippen LogP contribution in [0.15, 0.2) is 72.9 Å². The third-order valence-electron chi connectivity index (χ3n) is 11.7. The van der Waals surface area contributed by atoms with E-state index < -0.39 is 6.10 Å². The largest absolute Gasteiger partial charge is 0.462 e. The van der Waals surface area contributed by atoms with E-state index in [1.165, 1.54) is 154 Å². The van der Waals surface area contributed by atoms with Crippen LogP contribution in [0.2, 0.25) is 0 Å². The van der Waals surface area contributed by atoms with Crippen LogP contribution in [0.4, 0.5) is 0 Å². The molecule has 0 aromatic rings. The SMILES string of the molecule is CC/C=C\C/C=C\C/C=C\C/C=C\CCCOCC(COC(=O)CCCCCCCCCCC/C=C\C/C=C\CCCCC)OC(=O)CCCCCCCCCCCCCCCCC. The Bertz CT molecular complexity index is 1150. The van der Waals surface area contributed by atoms with Crippen molar-refractivity contribution in [1.29, 1.82) is 0 Å². The van der Waals surface area contributed by atoms with Gasteiger partial charge in [-0.3, -0.25) is 9.59 Å². The van der Waals surface area contributed by atoms with Crippen molar-refractivity contribution in [3.63, 3.8) is 0 Å². The third kappa shape index (κ3) is 52.0. The lowest BCUT2D eigenvalue weighted by molar-refractivity contribution is -0.163.